The Morgan fingerprint density at radius 3 is 2.52 bits per heavy atom. The van der Waals surface area contributed by atoms with Crippen LogP contribution in [0, 0.1) is 10.1 Å². The van der Waals surface area contributed by atoms with Gasteiger partial charge in [0.1, 0.15) is 0 Å². The standard InChI is InChI=1S/C14H19ClN2O4/c1-14(2,3)16(7-6-13(18)19)9-10-4-5-11(15)8-12(10)17(20)21/h4-5,8H,6-7,9H2,1-3H3,(H,18,19). The fourth-order valence-corrected chi connectivity index (χ4v) is 2.09. The van der Waals surface area contributed by atoms with Gasteiger partial charge in [0.15, 0.2) is 0 Å². The number of rotatable bonds is 6. The number of halogens is 1. The van der Waals surface area contributed by atoms with Gasteiger partial charge in [-0.1, -0.05) is 11.6 Å². The van der Waals surface area contributed by atoms with E-state index >= 15 is 0 Å². The Hall–Kier alpha value is -1.66. The summed E-state index contributed by atoms with van der Waals surface area (Å²) in [5.74, 6) is -0.894. The second-order valence-electron chi connectivity index (χ2n) is 5.77. The van der Waals surface area contributed by atoms with Gasteiger partial charge in [-0.15, -0.1) is 0 Å². The fraction of sp³-hybridized carbons (Fsp3) is 0.500. The fourth-order valence-electron chi connectivity index (χ4n) is 1.93. The Kier molecular flexibility index (Phi) is 5.69. The summed E-state index contributed by atoms with van der Waals surface area (Å²) in [5, 5.41) is 20.2. The van der Waals surface area contributed by atoms with Crippen molar-refractivity contribution in [3.63, 3.8) is 0 Å². The third-order valence-corrected chi connectivity index (χ3v) is 3.38. The van der Waals surface area contributed by atoms with Gasteiger partial charge in [-0.2, -0.15) is 0 Å². The van der Waals surface area contributed by atoms with E-state index in [1.54, 1.807) is 12.1 Å². The first-order valence-electron chi connectivity index (χ1n) is 6.51. The number of nitro benzene ring substituents is 1. The summed E-state index contributed by atoms with van der Waals surface area (Å²) in [6, 6.07) is 4.52. The molecule has 0 aliphatic rings. The van der Waals surface area contributed by atoms with Gasteiger partial charge < -0.3 is 5.11 Å². The molecule has 0 unspecified atom stereocenters. The molecule has 0 bridgehead atoms. The smallest absolute Gasteiger partial charge is 0.304 e. The van der Waals surface area contributed by atoms with Crippen LogP contribution in [-0.2, 0) is 11.3 Å². The van der Waals surface area contributed by atoms with Crippen LogP contribution in [0.1, 0.15) is 32.8 Å². The van der Waals surface area contributed by atoms with Crippen LogP contribution in [0.15, 0.2) is 18.2 Å². The summed E-state index contributed by atoms with van der Waals surface area (Å²) in [4.78, 5) is 23.3. The van der Waals surface area contributed by atoms with Crippen LogP contribution >= 0.6 is 11.6 Å². The van der Waals surface area contributed by atoms with Crippen molar-refractivity contribution in [2.45, 2.75) is 39.3 Å². The Morgan fingerprint density at radius 1 is 1.43 bits per heavy atom. The lowest BCUT2D eigenvalue weighted by Crippen LogP contribution is -2.42. The first kappa shape index (κ1) is 17.4. The van der Waals surface area contributed by atoms with Crippen molar-refractivity contribution in [1.82, 2.24) is 4.90 Å². The van der Waals surface area contributed by atoms with Gasteiger partial charge in [-0.3, -0.25) is 19.8 Å². The van der Waals surface area contributed by atoms with E-state index in [0.29, 0.717) is 23.7 Å². The van der Waals surface area contributed by atoms with Crippen LogP contribution in [0.2, 0.25) is 5.02 Å². The third-order valence-electron chi connectivity index (χ3n) is 3.15. The van der Waals surface area contributed by atoms with Gasteiger partial charge >= 0.3 is 5.97 Å². The topological polar surface area (TPSA) is 83.7 Å². The number of benzene rings is 1. The molecule has 0 fully saturated rings. The molecule has 0 amide bonds. The Bertz CT molecular complexity index is 540. The first-order valence-corrected chi connectivity index (χ1v) is 6.88. The molecule has 0 saturated carbocycles. The maximum atomic E-state index is 11.1. The normalized spacial score (nSPS) is 11.7. The van der Waals surface area contributed by atoms with Crippen LogP contribution in [0.25, 0.3) is 0 Å². The summed E-state index contributed by atoms with van der Waals surface area (Å²) < 4.78 is 0. The zero-order valence-corrected chi connectivity index (χ0v) is 13.1. The lowest BCUT2D eigenvalue weighted by atomic mass is 10.0. The van der Waals surface area contributed by atoms with Gasteiger partial charge in [0, 0.05) is 35.3 Å². The van der Waals surface area contributed by atoms with E-state index in [2.05, 4.69) is 0 Å². The van der Waals surface area contributed by atoms with E-state index in [4.69, 9.17) is 16.7 Å². The van der Waals surface area contributed by atoms with Crippen molar-refractivity contribution >= 4 is 23.3 Å². The Balaban J connectivity index is 3.03. The number of carboxylic acid groups (broad SMARTS) is 1. The van der Waals surface area contributed by atoms with E-state index in [9.17, 15) is 14.9 Å². The molecule has 0 heterocycles. The molecule has 7 heteroatoms. The van der Waals surface area contributed by atoms with E-state index < -0.39 is 10.9 Å². The molecule has 0 saturated heterocycles. The molecule has 21 heavy (non-hydrogen) atoms. The number of hydrogen-bond donors (Lipinski definition) is 1. The highest BCUT2D eigenvalue weighted by molar-refractivity contribution is 6.30. The minimum absolute atomic E-state index is 0.0152. The van der Waals surface area contributed by atoms with Crippen molar-refractivity contribution in [2.24, 2.45) is 0 Å². The molecular formula is C14H19ClN2O4. The molecule has 0 aromatic heterocycles. The molecule has 0 aliphatic carbocycles. The molecule has 1 aromatic rings. The van der Waals surface area contributed by atoms with Crippen molar-refractivity contribution in [2.75, 3.05) is 6.54 Å². The van der Waals surface area contributed by atoms with Crippen LogP contribution in [0.5, 0.6) is 0 Å². The molecule has 1 N–H and O–H groups in total. The monoisotopic (exact) mass is 314 g/mol. The number of nitrogens with zero attached hydrogens (tertiary/aromatic N) is 2. The highest BCUT2D eigenvalue weighted by Gasteiger charge is 2.25. The van der Waals surface area contributed by atoms with Crippen LogP contribution < -0.4 is 0 Å². The van der Waals surface area contributed by atoms with Gasteiger partial charge in [-0.25, -0.2) is 0 Å². The number of carboxylic acids is 1. The number of aliphatic carboxylic acids is 1. The van der Waals surface area contributed by atoms with Gasteiger partial charge in [0.25, 0.3) is 5.69 Å². The number of hydrogen-bond acceptors (Lipinski definition) is 4. The van der Waals surface area contributed by atoms with Crippen molar-refractivity contribution < 1.29 is 14.8 Å². The second-order valence-corrected chi connectivity index (χ2v) is 6.20. The maximum absolute atomic E-state index is 11.1. The van der Waals surface area contributed by atoms with Crippen molar-refractivity contribution in [1.29, 1.82) is 0 Å². The lowest BCUT2D eigenvalue weighted by Gasteiger charge is -2.35. The minimum Gasteiger partial charge on any atom is -0.481 e. The Morgan fingerprint density at radius 2 is 2.05 bits per heavy atom. The molecule has 116 valence electrons. The van der Waals surface area contributed by atoms with Gasteiger partial charge in [-0.05, 0) is 32.9 Å². The van der Waals surface area contributed by atoms with E-state index in [1.807, 2.05) is 25.7 Å². The highest BCUT2D eigenvalue weighted by atomic mass is 35.5. The third kappa shape index (κ3) is 5.32. The first-order chi connectivity index (χ1) is 9.61. The quantitative estimate of drug-likeness (QED) is 0.643. The van der Waals surface area contributed by atoms with Crippen LogP contribution in [-0.4, -0.2) is 33.0 Å². The molecule has 0 radical (unpaired) electrons. The SMILES string of the molecule is CC(C)(C)N(CCC(=O)O)Cc1ccc(Cl)cc1[N+](=O)[O-]. The summed E-state index contributed by atoms with van der Waals surface area (Å²) in [6.45, 7) is 6.44. The predicted octanol–water partition coefficient (Wildman–Crippen LogP) is 3.32. The average molecular weight is 315 g/mol. The molecular weight excluding hydrogens is 296 g/mol. The summed E-state index contributed by atoms with van der Waals surface area (Å²) >= 11 is 5.79. The lowest BCUT2D eigenvalue weighted by molar-refractivity contribution is -0.385. The maximum Gasteiger partial charge on any atom is 0.304 e. The number of nitro groups is 1. The van der Waals surface area contributed by atoms with E-state index in [-0.39, 0.29) is 17.6 Å². The molecule has 0 aliphatic heterocycles. The van der Waals surface area contributed by atoms with Crippen molar-refractivity contribution in [3.8, 4) is 0 Å². The summed E-state index contributed by atoms with van der Waals surface area (Å²) in [5.41, 5.74) is 0.167. The molecule has 1 aromatic carbocycles. The summed E-state index contributed by atoms with van der Waals surface area (Å²) in [7, 11) is 0. The molecule has 6 nitrogen and oxygen atoms in total. The highest BCUT2D eigenvalue weighted by Crippen LogP contribution is 2.27. The minimum atomic E-state index is -0.894. The zero-order valence-electron chi connectivity index (χ0n) is 12.3. The van der Waals surface area contributed by atoms with Crippen LogP contribution in [0.3, 0.4) is 0 Å². The number of carbonyl (C=O) groups is 1. The van der Waals surface area contributed by atoms with E-state index in [0.717, 1.165) is 0 Å². The zero-order chi connectivity index (χ0) is 16.2. The summed E-state index contributed by atoms with van der Waals surface area (Å²) in [6.07, 6.45) is -0.0152. The van der Waals surface area contributed by atoms with Crippen molar-refractivity contribution in [3.05, 3.63) is 38.9 Å². The second kappa shape index (κ2) is 6.87. The molecule has 1 rings (SSSR count). The molecule has 0 atom stereocenters. The predicted molar refractivity (Wildman–Crippen MR) is 80.5 cm³/mol. The van der Waals surface area contributed by atoms with Gasteiger partial charge in [0.05, 0.1) is 11.3 Å². The largest absolute Gasteiger partial charge is 0.481 e. The van der Waals surface area contributed by atoms with Crippen LogP contribution in [0.4, 0.5) is 5.69 Å². The van der Waals surface area contributed by atoms with Gasteiger partial charge in [0.2, 0.25) is 0 Å². The molecule has 0 spiro atoms. The van der Waals surface area contributed by atoms with E-state index in [1.165, 1.54) is 6.07 Å². The Labute approximate surface area is 128 Å². The average Bonchev–Trinajstić information content (AvgIpc) is 2.33.